The molecule has 3 rings (SSSR count). The van der Waals surface area contributed by atoms with Gasteiger partial charge in [0, 0.05) is 11.8 Å². The number of anilines is 2. The summed E-state index contributed by atoms with van der Waals surface area (Å²) < 4.78 is 5.12. The van der Waals surface area contributed by atoms with Crippen LogP contribution < -0.4 is 15.4 Å². The van der Waals surface area contributed by atoms with Crippen molar-refractivity contribution in [1.82, 2.24) is 0 Å². The number of hydrogen-bond acceptors (Lipinski definition) is 3. The van der Waals surface area contributed by atoms with Gasteiger partial charge < -0.3 is 15.4 Å². The maximum absolute atomic E-state index is 12.8. The summed E-state index contributed by atoms with van der Waals surface area (Å²) in [6.45, 7) is 4.01. The fourth-order valence-corrected chi connectivity index (χ4v) is 2.87. The van der Waals surface area contributed by atoms with Crippen molar-refractivity contribution in [1.29, 1.82) is 0 Å². The van der Waals surface area contributed by atoms with Gasteiger partial charge in [-0.05, 0) is 73.0 Å². The molecule has 0 unspecified atom stereocenters. The average Bonchev–Trinajstić information content (AvgIpc) is 2.75. The van der Waals surface area contributed by atoms with Gasteiger partial charge in [0.1, 0.15) is 5.75 Å². The van der Waals surface area contributed by atoms with Gasteiger partial charge in [0.25, 0.3) is 5.91 Å². The lowest BCUT2D eigenvalue weighted by Crippen LogP contribution is -2.17. The normalized spacial score (nSPS) is 10.6. The SMILES string of the molecule is COc1ccc(/C=C/C(=O)Nc2ccccc2C(=O)Nc2ccc(C)c(C)c2)cc1. The first-order valence-corrected chi connectivity index (χ1v) is 9.57. The van der Waals surface area contributed by atoms with E-state index in [0.717, 1.165) is 22.4 Å². The third kappa shape index (κ3) is 5.35. The highest BCUT2D eigenvalue weighted by Crippen LogP contribution is 2.19. The molecule has 0 spiro atoms. The smallest absolute Gasteiger partial charge is 0.257 e. The van der Waals surface area contributed by atoms with Gasteiger partial charge in [0.2, 0.25) is 5.91 Å². The Hall–Kier alpha value is -3.86. The fraction of sp³-hybridized carbons (Fsp3) is 0.120. The number of ether oxygens (including phenoxy) is 1. The molecule has 3 aromatic carbocycles. The molecule has 3 aromatic rings. The van der Waals surface area contributed by atoms with Crippen molar-refractivity contribution in [3.05, 3.63) is 95.1 Å². The van der Waals surface area contributed by atoms with E-state index < -0.39 is 0 Å². The van der Waals surface area contributed by atoms with E-state index in [2.05, 4.69) is 10.6 Å². The largest absolute Gasteiger partial charge is 0.497 e. The Morgan fingerprint density at radius 2 is 1.60 bits per heavy atom. The minimum atomic E-state index is -0.322. The predicted molar refractivity (Wildman–Crippen MR) is 121 cm³/mol. The van der Waals surface area contributed by atoms with Gasteiger partial charge in [-0.1, -0.05) is 30.3 Å². The molecule has 5 nitrogen and oxygen atoms in total. The lowest BCUT2D eigenvalue weighted by molar-refractivity contribution is -0.111. The number of nitrogens with one attached hydrogen (secondary N) is 2. The monoisotopic (exact) mass is 400 g/mol. The molecule has 2 N–H and O–H groups in total. The van der Waals surface area contributed by atoms with E-state index in [-0.39, 0.29) is 11.8 Å². The maximum Gasteiger partial charge on any atom is 0.257 e. The average molecular weight is 400 g/mol. The number of carbonyl (C=O) groups is 2. The number of methoxy groups -OCH3 is 1. The van der Waals surface area contributed by atoms with Crippen molar-refractivity contribution in [3.63, 3.8) is 0 Å². The van der Waals surface area contributed by atoms with E-state index in [1.165, 1.54) is 6.08 Å². The Balaban J connectivity index is 1.70. The number of para-hydroxylation sites is 1. The van der Waals surface area contributed by atoms with Gasteiger partial charge >= 0.3 is 0 Å². The first-order valence-electron chi connectivity index (χ1n) is 9.57. The zero-order chi connectivity index (χ0) is 21.5. The van der Waals surface area contributed by atoms with Crippen LogP contribution >= 0.6 is 0 Å². The molecule has 0 fully saturated rings. The Morgan fingerprint density at radius 3 is 2.30 bits per heavy atom. The van der Waals surface area contributed by atoms with Crippen molar-refractivity contribution in [2.45, 2.75) is 13.8 Å². The van der Waals surface area contributed by atoms with Crippen LogP contribution in [0.15, 0.2) is 72.8 Å². The second-order valence-electron chi connectivity index (χ2n) is 6.89. The summed E-state index contributed by atoms with van der Waals surface area (Å²) in [5.74, 6) is 0.144. The van der Waals surface area contributed by atoms with E-state index in [9.17, 15) is 9.59 Å². The molecule has 0 aliphatic heterocycles. The highest BCUT2D eigenvalue weighted by molar-refractivity contribution is 6.11. The van der Waals surface area contributed by atoms with Crippen LogP contribution in [0.25, 0.3) is 6.08 Å². The predicted octanol–water partition coefficient (Wildman–Crippen LogP) is 5.22. The minimum Gasteiger partial charge on any atom is -0.497 e. The molecule has 30 heavy (non-hydrogen) atoms. The Kier molecular flexibility index (Phi) is 6.65. The second-order valence-corrected chi connectivity index (χ2v) is 6.89. The number of amides is 2. The highest BCUT2D eigenvalue weighted by Gasteiger charge is 2.13. The molecule has 0 aliphatic rings. The molecule has 0 atom stereocenters. The minimum absolute atomic E-state index is 0.284. The molecule has 5 heteroatoms. The third-order valence-corrected chi connectivity index (χ3v) is 4.74. The van der Waals surface area contributed by atoms with E-state index in [1.54, 1.807) is 37.5 Å². The Morgan fingerprint density at radius 1 is 0.867 bits per heavy atom. The van der Waals surface area contributed by atoms with Gasteiger partial charge in [-0.3, -0.25) is 9.59 Å². The van der Waals surface area contributed by atoms with E-state index in [4.69, 9.17) is 4.74 Å². The van der Waals surface area contributed by atoms with Crippen LogP contribution in [0.3, 0.4) is 0 Å². The molecule has 0 bridgehead atoms. The number of rotatable bonds is 6. The van der Waals surface area contributed by atoms with Crippen molar-refractivity contribution < 1.29 is 14.3 Å². The van der Waals surface area contributed by atoms with Gasteiger partial charge in [-0.2, -0.15) is 0 Å². The molecule has 0 aromatic heterocycles. The summed E-state index contributed by atoms with van der Waals surface area (Å²) in [7, 11) is 1.60. The third-order valence-electron chi connectivity index (χ3n) is 4.74. The lowest BCUT2D eigenvalue weighted by Gasteiger charge is -2.11. The van der Waals surface area contributed by atoms with Crippen LogP contribution in [0, 0.1) is 13.8 Å². The molecular weight excluding hydrogens is 376 g/mol. The van der Waals surface area contributed by atoms with Crippen LogP contribution in [-0.2, 0) is 4.79 Å². The van der Waals surface area contributed by atoms with Crippen LogP contribution in [0.2, 0.25) is 0 Å². The summed E-state index contributed by atoms with van der Waals surface area (Å²) in [5, 5.41) is 5.67. The second kappa shape index (κ2) is 9.56. The molecule has 0 saturated heterocycles. The summed E-state index contributed by atoms with van der Waals surface area (Å²) in [4.78, 5) is 25.1. The molecule has 0 saturated carbocycles. The molecule has 152 valence electrons. The number of aryl methyl sites for hydroxylation is 2. The van der Waals surface area contributed by atoms with Crippen molar-refractivity contribution in [2.75, 3.05) is 17.7 Å². The van der Waals surface area contributed by atoms with Crippen molar-refractivity contribution in [3.8, 4) is 5.75 Å². The Labute approximate surface area is 176 Å². The first kappa shape index (κ1) is 20.9. The molecule has 0 aliphatic carbocycles. The quantitative estimate of drug-likeness (QED) is 0.558. The van der Waals surface area contributed by atoms with Gasteiger partial charge in [0.05, 0.1) is 18.4 Å². The number of hydrogen-bond donors (Lipinski definition) is 2. The Bertz CT molecular complexity index is 1090. The lowest BCUT2D eigenvalue weighted by atomic mass is 10.1. The zero-order valence-electron chi connectivity index (χ0n) is 17.2. The number of benzene rings is 3. The number of carbonyl (C=O) groups excluding carboxylic acids is 2. The van der Waals surface area contributed by atoms with Gasteiger partial charge in [0.15, 0.2) is 0 Å². The summed E-state index contributed by atoms with van der Waals surface area (Å²) in [6.07, 6.45) is 3.13. The topological polar surface area (TPSA) is 67.4 Å². The maximum atomic E-state index is 12.8. The van der Waals surface area contributed by atoms with Crippen LogP contribution in [-0.4, -0.2) is 18.9 Å². The van der Waals surface area contributed by atoms with Gasteiger partial charge in [-0.15, -0.1) is 0 Å². The highest BCUT2D eigenvalue weighted by atomic mass is 16.5. The van der Waals surface area contributed by atoms with Crippen LogP contribution in [0.4, 0.5) is 11.4 Å². The van der Waals surface area contributed by atoms with Crippen molar-refractivity contribution >= 4 is 29.3 Å². The summed E-state index contributed by atoms with van der Waals surface area (Å²) in [5.41, 5.74) is 4.67. The standard InChI is InChI=1S/C25H24N2O3/c1-17-8-12-20(16-18(17)2)26-25(29)22-6-4-5-7-23(22)27-24(28)15-11-19-9-13-21(30-3)14-10-19/h4-16H,1-3H3,(H,26,29)(H,27,28)/b15-11+. The van der Waals surface area contributed by atoms with Crippen LogP contribution in [0.5, 0.6) is 5.75 Å². The molecule has 2 amide bonds. The molecular formula is C25H24N2O3. The summed E-state index contributed by atoms with van der Waals surface area (Å²) >= 11 is 0. The van der Waals surface area contributed by atoms with E-state index in [1.807, 2.05) is 56.3 Å². The van der Waals surface area contributed by atoms with Crippen LogP contribution in [0.1, 0.15) is 27.0 Å². The zero-order valence-corrected chi connectivity index (χ0v) is 17.2. The van der Waals surface area contributed by atoms with Gasteiger partial charge in [-0.25, -0.2) is 0 Å². The van der Waals surface area contributed by atoms with E-state index >= 15 is 0 Å². The summed E-state index contributed by atoms with van der Waals surface area (Å²) in [6, 6.07) is 20.0. The van der Waals surface area contributed by atoms with Crippen molar-refractivity contribution in [2.24, 2.45) is 0 Å². The van der Waals surface area contributed by atoms with E-state index in [0.29, 0.717) is 16.9 Å². The fourth-order valence-electron chi connectivity index (χ4n) is 2.87. The molecule has 0 heterocycles. The first-order chi connectivity index (χ1) is 14.5. The molecule has 0 radical (unpaired) electrons.